The van der Waals surface area contributed by atoms with Crippen LogP contribution in [-0.2, 0) is 5.75 Å². The van der Waals surface area contributed by atoms with Crippen molar-refractivity contribution < 1.29 is 18.4 Å². The zero-order chi connectivity index (χ0) is 23.5. The van der Waals surface area contributed by atoms with Gasteiger partial charge in [0.1, 0.15) is 17.0 Å². The second-order valence-electron chi connectivity index (χ2n) is 8.19. The number of piperazine rings is 1. The number of aromatic nitrogens is 1. The molecule has 0 bridgehead atoms. The van der Waals surface area contributed by atoms with Gasteiger partial charge in [0, 0.05) is 26.2 Å². The molecule has 1 amide bonds. The number of rotatable bonds is 7. The highest BCUT2D eigenvalue weighted by molar-refractivity contribution is 7.98. The Kier molecular flexibility index (Phi) is 6.49. The highest BCUT2D eigenvalue weighted by Crippen LogP contribution is 2.30. The van der Waals surface area contributed by atoms with Crippen molar-refractivity contribution in [1.82, 2.24) is 9.88 Å². The Morgan fingerprint density at radius 3 is 2.71 bits per heavy atom. The average Bonchev–Trinajstić information content (AvgIpc) is 3.49. The second-order valence-corrected chi connectivity index (χ2v) is 9.11. The number of furan rings is 1. The SMILES string of the molecule is CCOc1ccccc1N1CCN(C(=O)c2ccc(CSc3nc4cc(C)ccc4o3)o2)CC1. The summed E-state index contributed by atoms with van der Waals surface area (Å²) >= 11 is 1.45. The summed E-state index contributed by atoms with van der Waals surface area (Å²) in [6.45, 7) is 7.39. The van der Waals surface area contributed by atoms with Crippen molar-refractivity contribution in [3.8, 4) is 5.75 Å². The van der Waals surface area contributed by atoms with Crippen LogP contribution in [0.5, 0.6) is 5.75 Å². The van der Waals surface area contributed by atoms with E-state index in [-0.39, 0.29) is 5.91 Å². The van der Waals surface area contributed by atoms with Gasteiger partial charge >= 0.3 is 0 Å². The van der Waals surface area contributed by atoms with Gasteiger partial charge < -0.3 is 23.4 Å². The van der Waals surface area contributed by atoms with Gasteiger partial charge in [-0.05, 0) is 55.8 Å². The van der Waals surface area contributed by atoms with Gasteiger partial charge in [0.25, 0.3) is 11.1 Å². The van der Waals surface area contributed by atoms with Crippen LogP contribution in [0, 0.1) is 6.92 Å². The minimum absolute atomic E-state index is 0.0775. The van der Waals surface area contributed by atoms with Crippen LogP contribution >= 0.6 is 11.8 Å². The molecule has 0 spiro atoms. The second kappa shape index (κ2) is 9.85. The zero-order valence-corrected chi connectivity index (χ0v) is 20.1. The highest BCUT2D eigenvalue weighted by Gasteiger charge is 2.25. The van der Waals surface area contributed by atoms with Crippen molar-refractivity contribution >= 4 is 34.5 Å². The number of fused-ring (bicyclic) bond motifs is 1. The van der Waals surface area contributed by atoms with E-state index in [0.29, 0.717) is 36.4 Å². The summed E-state index contributed by atoms with van der Waals surface area (Å²) in [5, 5.41) is 0.591. The standard InChI is InChI=1S/C26H27N3O4S/c1-3-31-23-7-5-4-6-21(23)28-12-14-29(15-13-28)25(30)24-11-9-19(32-24)17-34-26-27-20-16-18(2)8-10-22(20)33-26/h4-11,16H,3,12-15,17H2,1-2H3. The number of thioether (sulfide) groups is 1. The summed E-state index contributed by atoms with van der Waals surface area (Å²) < 4.78 is 17.4. The van der Waals surface area contributed by atoms with Crippen molar-refractivity contribution in [3.63, 3.8) is 0 Å². The predicted molar refractivity (Wildman–Crippen MR) is 133 cm³/mol. The van der Waals surface area contributed by atoms with Crippen molar-refractivity contribution in [2.24, 2.45) is 0 Å². The molecule has 1 aliphatic rings. The number of para-hydroxylation sites is 2. The number of amides is 1. The number of carbonyl (C=O) groups is 1. The molecule has 5 rings (SSSR count). The van der Waals surface area contributed by atoms with E-state index in [1.165, 1.54) is 11.8 Å². The molecule has 4 aromatic rings. The van der Waals surface area contributed by atoms with Crippen LogP contribution in [0.4, 0.5) is 5.69 Å². The van der Waals surface area contributed by atoms with Gasteiger partial charge in [-0.25, -0.2) is 4.98 Å². The Bertz CT molecular complexity index is 1290. The smallest absolute Gasteiger partial charge is 0.289 e. The molecule has 1 fully saturated rings. The molecule has 7 nitrogen and oxygen atoms in total. The van der Waals surface area contributed by atoms with Gasteiger partial charge in [-0.15, -0.1) is 0 Å². The fraction of sp³-hybridized carbons (Fsp3) is 0.308. The summed E-state index contributed by atoms with van der Waals surface area (Å²) in [5.74, 6) is 2.43. The van der Waals surface area contributed by atoms with Crippen LogP contribution in [0.2, 0.25) is 0 Å². The summed E-state index contributed by atoms with van der Waals surface area (Å²) in [7, 11) is 0. The molecule has 0 atom stereocenters. The minimum atomic E-state index is -0.0775. The van der Waals surface area contributed by atoms with Crippen LogP contribution in [0.15, 0.2) is 68.7 Å². The van der Waals surface area contributed by atoms with Gasteiger partial charge in [0.2, 0.25) is 0 Å². The number of carbonyl (C=O) groups excluding carboxylic acids is 1. The first-order chi connectivity index (χ1) is 16.6. The molecular formula is C26H27N3O4S. The van der Waals surface area contributed by atoms with Crippen LogP contribution < -0.4 is 9.64 Å². The summed E-state index contributed by atoms with van der Waals surface area (Å²) in [6, 6.07) is 17.6. The molecule has 0 saturated carbocycles. The lowest BCUT2D eigenvalue weighted by Crippen LogP contribution is -2.48. The van der Waals surface area contributed by atoms with Crippen LogP contribution in [0.1, 0.15) is 28.8 Å². The van der Waals surface area contributed by atoms with E-state index in [1.54, 1.807) is 6.07 Å². The van der Waals surface area contributed by atoms with E-state index in [9.17, 15) is 4.79 Å². The Labute approximate surface area is 202 Å². The van der Waals surface area contributed by atoms with Crippen molar-refractivity contribution in [1.29, 1.82) is 0 Å². The Morgan fingerprint density at radius 2 is 1.88 bits per heavy atom. The molecule has 0 N–H and O–H groups in total. The third kappa shape index (κ3) is 4.77. The molecular weight excluding hydrogens is 450 g/mol. The first kappa shape index (κ1) is 22.4. The summed E-state index contributed by atoms with van der Waals surface area (Å²) in [6.07, 6.45) is 0. The van der Waals surface area contributed by atoms with Gasteiger partial charge in [-0.2, -0.15) is 0 Å². The molecule has 1 aliphatic heterocycles. The molecule has 176 valence electrons. The van der Waals surface area contributed by atoms with Crippen molar-refractivity contribution in [2.45, 2.75) is 24.8 Å². The predicted octanol–water partition coefficient (Wildman–Crippen LogP) is 5.38. The van der Waals surface area contributed by atoms with E-state index in [2.05, 4.69) is 16.0 Å². The monoisotopic (exact) mass is 477 g/mol. The topological polar surface area (TPSA) is 72.0 Å². The molecule has 0 aliphatic carbocycles. The number of hydrogen-bond donors (Lipinski definition) is 0. The molecule has 8 heteroatoms. The van der Waals surface area contributed by atoms with Crippen LogP contribution in [0.25, 0.3) is 11.1 Å². The number of oxazole rings is 1. The number of ether oxygens (including phenoxy) is 1. The summed E-state index contributed by atoms with van der Waals surface area (Å²) in [5.41, 5.74) is 3.83. The highest BCUT2D eigenvalue weighted by atomic mass is 32.2. The van der Waals surface area contributed by atoms with Gasteiger partial charge in [-0.1, -0.05) is 30.0 Å². The van der Waals surface area contributed by atoms with Crippen molar-refractivity contribution in [3.05, 3.63) is 71.7 Å². The van der Waals surface area contributed by atoms with E-state index in [1.807, 2.05) is 61.2 Å². The normalized spacial score (nSPS) is 14.1. The zero-order valence-electron chi connectivity index (χ0n) is 19.3. The van der Waals surface area contributed by atoms with Crippen LogP contribution in [-0.4, -0.2) is 48.6 Å². The van der Waals surface area contributed by atoms with Crippen LogP contribution in [0.3, 0.4) is 0 Å². The average molecular weight is 478 g/mol. The molecule has 0 radical (unpaired) electrons. The number of hydrogen-bond acceptors (Lipinski definition) is 7. The van der Waals surface area contributed by atoms with E-state index in [0.717, 1.165) is 46.9 Å². The third-order valence-electron chi connectivity index (χ3n) is 5.81. The minimum Gasteiger partial charge on any atom is -0.492 e. The number of benzene rings is 2. The molecule has 3 heterocycles. The largest absolute Gasteiger partial charge is 0.492 e. The van der Waals surface area contributed by atoms with E-state index in [4.69, 9.17) is 13.6 Å². The van der Waals surface area contributed by atoms with Gasteiger partial charge in [0.15, 0.2) is 11.3 Å². The third-order valence-corrected chi connectivity index (χ3v) is 6.66. The molecule has 1 saturated heterocycles. The molecule has 2 aromatic carbocycles. The van der Waals surface area contributed by atoms with E-state index >= 15 is 0 Å². The first-order valence-corrected chi connectivity index (χ1v) is 12.4. The maximum Gasteiger partial charge on any atom is 0.289 e. The molecule has 34 heavy (non-hydrogen) atoms. The maximum atomic E-state index is 13.0. The first-order valence-electron chi connectivity index (χ1n) is 11.5. The Hall–Kier alpha value is -3.39. The lowest BCUT2D eigenvalue weighted by molar-refractivity contribution is 0.0713. The fourth-order valence-electron chi connectivity index (χ4n) is 4.08. The van der Waals surface area contributed by atoms with Gasteiger partial charge in [-0.3, -0.25) is 4.79 Å². The fourth-order valence-corrected chi connectivity index (χ4v) is 4.82. The lowest BCUT2D eigenvalue weighted by Gasteiger charge is -2.36. The Morgan fingerprint density at radius 1 is 1.06 bits per heavy atom. The van der Waals surface area contributed by atoms with E-state index < -0.39 is 0 Å². The quantitative estimate of drug-likeness (QED) is 0.331. The Balaban J connectivity index is 1.17. The number of anilines is 1. The summed E-state index contributed by atoms with van der Waals surface area (Å²) in [4.78, 5) is 21.6. The number of aryl methyl sites for hydroxylation is 1. The van der Waals surface area contributed by atoms with Crippen molar-refractivity contribution in [2.75, 3.05) is 37.7 Å². The number of nitrogens with zero attached hydrogens (tertiary/aromatic N) is 3. The van der Waals surface area contributed by atoms with Gasteiger partial charge in [0.05, 0.1) is 18.0 Å². The molecule has 2 aromatic heterocycles. The molecule has 0 unspecified atom stereocenters. The lowest BCUT2D eigenvalue weighted by atomic mass is 10.2. The maximum absolute atomic E-state index is 13.0.